The summed E-state index contributed by atoms with van der Waals surface area (Å²) < 4.78 is 109. The minimum absolute atomic E-state index is 0.00358. The number of hydrogen-bond donors (Lipinski definition) is 21. The first-order chi connectivity index (χ1) is 61.0. The predicted molar refractivity (Wildman–Crippen MR) is 434 cm³/mol. The summed E-state index contributed by atoms with van der Waals surface area (Å²) in [5.41, 5.74) is -5.78. The van der Waals surface area contributed by atoms with Crippen molar-refractivity contribution in [3.05, 3.63) is 36.0 Å². The second-order valence-corrected chi connectivity index (χ2v) is 39.9. The van der Waals surface area contributed by atoms with Gasteiger partial charge >= 0.3 is 17.9 Å². The van der Waals surface area contributed by atoms with Crippen LogP contribution >= 0.6 is 0 Å². The monoisotopic (exact) mass is 1870 g/mol. The van der Waals surface area contributed by atoms with Crippen LogP contribution in [0.3, 0.4) is 0 Å². The predicted octanol–water partition coefficient (Wildman–Crippen LogP) is -5.64. The molecule has 0 unspecified atom stereocenters. The van der Waals surface area contributed by atoms with Crippen molar-refractivity contribution in [3.8, 4) is 0 Å². The average molecular weight is 1870 g/mol. The first kappa shape index (κ1) is 103. The topological polar surface area (TPSA) is 651 Å². The van der Waals surface area contributed by atoms with Crippen molar-refractivity contribution < 1.29 is 207 Å². The van der Waals surface area contributed by atoms with Crippen molar-refractivity contribution in [1.82, 2.24) is 5.32 Å². The molecule has 0 aromatic carbocycles. The molecular weight excluding hydrogens is 1730 g/mol. The number of ether oxygens (including phenoxy) is 18. The molecule has 0 spiro atoms. The summed E-state index contributed by atoms with van der Waals surface area (Å²) in [6.07, 6.45) is -54.5. The number of allylic oxidation sites excluding steroid dienone is 3. The number of aliphatic hydroxyl groups is 20. The number of esters is 3. The normalized spacial score (nSPS) is 48.9. The lowest BCUT2D eigenvalue weighted by Gasteiger charge is -2.72. The fourth-order valence-corrected chi connectivity index (χ4v) is 23.3. The van der Waals surface area contributed by atoms with Crippen LogP contribution in [-0.4, -0.2) is 412 Å². The van der Waals surface area contributed by atoms with E-state index in [0.717, 1.165) is 12.5 Å². The number of carbonyl (C=O) groups excluding carboxylic acids is 4. The fraction of sp³-hybridized carbons (Fsp3) is 0.885. The summed E-state index contributed by atoms with van der Waals surface area (Å²) in [7, 11) is 0. The molecule has 130 heavy (non-hydrogen) atoms. The van der Waals surface area contributed by atoms with Crippen LogP contribution < -0.4 is 5.32 Å². The Balaban J connectivity index is 0.773. The highest BCUT2D eigenvalue weighted by atomic mass is 16.8. The van der Waals surface area contributed by atoms with E-state index in [0.29, 0.717) is 44.9 Å². The molecule has 43 nitrogen and oxygen atoms in total. The lowest BCUT2D eigenvalue weighted by molar-refractivity contribution is -0.377. The average Bonchev–Trinajstić information content (AvgIpc) is 0.667. The minimum atomic E-state index is -2.21. The van der Waals surface area contributed by atoms with Crippen LogP contribution in [0.2, 0.25) is 0 Å². The molecule has 12 fully saturated rings. The quantitative estimate of drug-likeness (QED) is 0.0114. The smallest absolute Gasteiger partial charge is 0.333 e. The van der Waals surface area contributed by atoms with E-state index >= 15 is 4.79 Å². The Morgan fingerprint density at radius 3 is 1.63 bits per heavy atom. The van der Waals surface area contributed by atoms with Gasteiger partial charge in [0.1, 0.15) is 165 Å². The summed E-state index contributed by atoms with van der Waals surface area (Å²) in [4.78, 5) is 56.3. The third-order valence-electron chi connectivity index (χ3n) is 30.8. The van der Waals surface area contributed by atoms with Crippen LogP contribution in [-0.2, 0) is 104 Å². The zero-order chi connectivity index (χ0) is 95.0. The van der Waals surface area contributed by atoms with Crippen molar-refractivity contribution in [2.24, 2.45) is 50.2 Å². The zero-order valence-corrected chi connectivity index (χ0v) is 74.9. The molecule has 8 aliphatic heterocycles. The highest BCUT2D eigenvalue weighted by Crippen LogP contribution is 2.77. The molecule has 0 bridgehead atoms. The van der Waals surface area contributed by atoms with E-state index in [1.54, 1.807) is 0 Å². The Morgan fingerprint density at radius 1 is 0.515 bits per heavy atom. The molecule has 0 radical (unpaired) electrons. The molecule has 13 aliphatic rings. The number of nitrogens with one attached hydrogen (secondary N) is 1. The molecule has 8 heterocycles. The minimum Gasteiger partial charge on any atom is -0.463 e. The van der Waals surface area contributed by atoms with Crippen molar-refractivity contribution in [1.29, 1.82) is 0 Å². The summed E-state index contributed by atoms with van der Waals surface area (Å²) in [6, 6.07) is -1.49. The SMILES string of the molecule is C=C[C@](C)(O)CC/C=C(\C)C(=O)O[C@H]1[C@@H](O)[C@@H](O[C@H]2[C@H](O)[C@@H](O[C@@H]3OC[C@@H](O)[C@H](O[C@H]4O[C@H](CO)[C@H](O)[C@@H]4O)[C@@H]3O)[C@H](OC(=O)[C@@]34CCCC(C)(C)[C@H]3C3=CC[C@@H]5[C@@]6(C)CC[C@H](O[C@H]7O[C@@H](CO[C@@H]8OC[C@@H](O)[C@@H](O[C@H]9OC[C@@H](O)[C@H](O)[C@H]9O)[C@H]8O)[C@H](O[C@@H]8O[C@H](CO)[C@H](O)[C@@H](O)[C@H]8O)[C@@H](O)[C@@H]7NC(C)=O)C(C)(C)[C@@H]6CC[C@]5(C)[C@@]3(C)C[C@H]4O)O[C@@H]2COC(C)=O)OC[C@H]1O. The number of fused-ring (bicyclic) bond motifs is 7. The van der Waals surface area contributed by atoms with Gasteiger partial charge in [0.25, 0.3) is 0 Å². The molecule has 13 rings (SSSR count). The van der Waals surface area contributed by atoms with E-state index in [4.69, 9.17) is 85.3 Å². The van der Waals surface area contributed by atoms with Crippen molar-refractivity contribution in [2.45, 2.75) is 380 Å². The van der Waals surface area contributed by atoms with Gasteiger partial charge in [0.15, 0.2) is 56.2 Å². The second-order valence-electron chi connectivity index (χ2n) is 39.9. The van der Waals surface area contributed by atoms with E-state index in [9.17, 15) is 117 Å². The highest BCUT2D eigenvalue weighted by Gasteiger charge is 2.74. The number of rotatable bonds is 28. The Hall–Kier alpha value is -4.30. The van der Waals surface area contributed by atoms with Crippen LogP contribution in [0.25, 0.3) is 0 Å². The van der Waals surface area contributed by atoms with Crippen LogP contribution in [0.5, 0.6) is 0 Å². The van der Waals surface area contributed by atoms with Crippen molar-refractivity contribution in [2.75, 3.05) is 52.9 Å². The van der Waals surface area contributed by atoms with Gasteiger partial charge in [-0.15, -0.1) is 6.58 Å². The Kier molecular flexibility index (Phi) is 32.2. The van der Waals surface area contributed by atoms with Crippen LogP contribution in [0.15, 0.2) is 36.0 Å². The van der Waals surface area contributed by atoms with Gasteiger partial charge in [-0.1, -0.05) is 78.7 Å². The second kappa shape index (κ2) is 40.6. The van der Waals surface area contributed by atoms with E-state index in [1.807, 2.05) is 13.8 Å². The molecule has 5 aliphatic carbocycles. The highest BCUT2D eigenvalue weighted by molar-refractivity contribution is 5.88. The zero-order valence-electron chi connectivity index (χ0n) is 74.9. The van der Waals surface area contributed by atoms with Crippen LogP contribution in [0.1, 0.15) is 147 Å². The summed E-state index contributed by atoms with van der Waals surface area (Å²) in [6.45, 7) is 18.1. The van der Waals surface area contributed by atoms with Gasteiger partial charge < -0.3 is 193 Å². The van der Waals surface area contributed by atoms with Crippen LogP contribution in [0, 0.1) is 50.2 Å². The molecule has 0 aromatic rings. The molecule has 43 heteroatoms. The maximum Gasteiger partial charge on any atom is 0.333 e. The molecule has 8 saturated heterocycles. The van der Waals surface area contributed by atoms with Crippen molar-refractivity contribution in [3.63, 3.8) is 0 Å². The number of hydrogen-bond acceptors (Lipinski definition) is 42. The first-order valence-corrected chi connectivity index (χ1v) is 45.0. The molecule has 1 amide bonds. The van der Waals surface area contributed by atoms with Gasteiger partial charge in [-0.3, -0.25) is 14.4 Å². The number of amides is 1. The lowest BCUT2D eigenvalue weighted by Crippen LogP contribution is -2.70. The van der Waals surface area contributed by atoms with Gasteiger partial charge in [0, 0.05) is 25.3 Å². The fourth-order valence-electron chi connectivity index (χ4n) is 23.3. The largest absolute Gasteiger partial charge is 0.463 e. The standard InChI is InChI=1S/C87H137NO42/c1-13-83(9,112)22-14-16-35(2)71(110)124-64-40(94)31-116-75(62(64)108)127-68-45(33-113-37(4)92)122-79(69(60(68)106)129-76-63(109)66(42(96)32-117-76)126-77-58(104)54(100)44(28-90)120-77)130-80(111)87-23-15-21-81(5,6)70(87)38-17-18-48-84(10)24-20-50(82(7,8)47(84)19-25-85(48,11)86(38,12)26-49(87)97)123-72-51(88-36(3)91)55(101)67(128-78-59(105)56(102)53(99)43(27-89)119-78)46(121-72)34-118-73-61(107)65(41(95)30-114-73)125-74-57(103)52(98)39(93)29-115-74/h13,16-17,39-70,72-79,89-90,93-109,112H,1,14-15,18-34H2,2-12H3,(H,88,91)/b35-16+/t39-,40-,41-,42-,43-,44-,45-,46+,47+,48-,49-,50+,51+,52+,53+,54+,55+,56-,57-,58+,59-,60+,61-,62-,63+,64-,65-,66+,67+,68-,69-,70-,72-,73+,74-,75-,76+,77-,78+,79+,83+,84+,85+,86+,87-/m1/s1. The Morgan fingerprint density at radius 2 is 1.02 bits per heavy atom. The number of carbonyl (C=O) groups is 4. The molecule has 742 valence electrons. The van der Waals surface area contributed by atoms with Gasteiger partial charge in [0.05, 0.1) is 64.1 Å². The van der Waals surface area contributed by atoms with Gasteiger partial charge in [0.2, 0.25) is 12.2 Å². The van der Waals surface area contributed by atoms with E-state index in [-0.39, 0.29) is 43.1 Å². The summed E-state index contributed by atoms with van der Waals surface area (Å²) in [5, 5.41) is 228. The molecular formula is C87H137NO42. The molecule has 21 N–H and O–H groups in total. The maximum atomic E-state index is 16.5. The van der Waals surface area contributed by atoms with E-state index in [2.05, 4.69) is 52.6 Å². The van der Waals surface area contributed by atoms with E-state index in [1.165, 1.54) is 32.9 Å². The maximum absolute atomic E-state index is 16.5. The third-order valence-corrected chi connectivity index (χ3v) is 30.8. The van der Waals surface area contributed by atoms with Crippen molar-refractivity contribution >= 4 is 23.8 Å². The van der Waals surface area contributed by atoms with Crippen LogP contribution in [0.4, 0.5) is 0 Å². The first-order valence-electron chi connectivity index (χ1n) is 45.0. The van der Waals surface area contributed by atoms with Gasteiger partial charge in [-0.25, -0.2) is 4.79 Å². The Bertz CT molecular complexity index is 3930. The molecule has 0 aromatic heterocycles. The lowest BCUT2D eigenvalue weighted by atomic mass is 9.32. The summed E-state index contributed by atoms with van der Waals surface area (Å²) >= 11 is 0. The van der Waals surface area contributed by atoms with Gasteiger partial charge in [-0.2, -0.15) is 0 Å². The molecule has 45 atom stereocenters. The number of aliphatic hydroxyl groups excluding tert-OH is 19. The third kappa shape index (κ3) is 19.8. The Labute approximate surface area is 751 Å². The van der Waals surface area contributed by atoms with E-state index < -0.39 is 348 Å². The van der Waals surface area contributed by atoms with Gasteiger partial charge in [-0.05, 0) is 117 Å². The molecule has 4 saturated carbocycles. The summed E-state index contributed by atoms with van der Waals surface area (Å²) in [5.74, 6) is -4.62.